The third kappa shape index (κ3) is 2.69. The highest BCUT2D eigenvalue weighted by molar-refractivity contribution is 6.31. The molecule has 152 valence electrons. The molecule has 1 aromatic rings. The number of phenolic OH excluding ortho intramolecular Hbond substituents is 2. The maximum Gasteiger partial charge on any atom is 0.322 e. The largest absolute Gasteiger partial charge is 0.507 e. The van der Waals surface area contributed by atoms with Crippen LogP contribution in [0, 0.1) is 6.92 Å². The van der Waals surface area contributed by atoms with E-state index in [1.165, 1.54) is 27.7 Å². The third-order valence-electron chi connectivity index (χ3n) is 5.26. The van der Waals surface area contributed by atoms with Crippen LogP contribution in [0.25, 0.3) is 0 Å². The molecule has 1 atom stereocenters. The summed E-state index contributed by atoms with van der Waals surface area (Å²) in [5, 5.41) is 32.3. The van der Waals surface area contributed by atoms with Gasteiger partial charge in [0.05, 0.1) is 11.1 Å². The van der Waals surface area contributed by atoms with Crippen LogP contribution in [0.2, 0.25) is 0 Å². The van der Waals surface area contributed by atoms with Crippen molar-refractivity contribution in [3.8, 4) is 17.2 Å². The van der Waals surface area contributed by atoms with E-state index in [1.54, 1.807) is 0 Å². The molecule has 0 amide bonds. The summed E-state index contributed by atoms with van der Waals surface area (Å²) in [7, 11) is 0. The smallest absolute Gasteiger partial charge is 0.322 e. The Labute approximate surface area is 165 Å². The summed E-state index contributed by atoms with van der Waals surface area (Å²) < 4.78 is 5.63. The fourth-order valence-electron chi connectivity index (χ4n) is 3.66. The molecule has 0 bridgehead atoms. The Morgan fingerprint density at radius 3 is 2.34 bits per heavy atom. The van der Waals surface area contributed by atoms with E-state index < -0.39 is 46.8 Å². The van der Waals surface area contributed by atoms with E-state index in [2.05, 4.69) is 5.32 Å². The molecule has 1 aliphatic heterocycles. The number of Topliss-reactive ketones (excluding diaryl/α,β-unsaturated/α-hetero) is 2. The molecule has 3 rings (SSSR count). The maximum absolute atomic E-state index is 13.4. The van der Waals surface area contributed by atoms with E-state index in [0.717, 1.165) is 6.08 Å². The molecule has 0 saturated heterocycles. The zero-order valence-electron chi connectivity index (χ0n) is 16.2. The van der Waals surface area contributed by atoms with Gasteiger partial charge in [-0.2, -0.15) is 0 Å². The first-order valence-corrected chi connectivity index (χ1v) is 8.68. The van der Waals surface area contributed by atoms with Gasteiger partial charge in [0, 0.05) is 17.3 Å². The number of aromatic hydroxyl groups is 2. The molecule has 0 unspecified atom stereocenters. The number of carboxylic acid groups (broad SMARTS) is 1. The van der Waals surface area contributed by atoms with Crippen molar-refractivity contribution < 1.29 is 39.2 Å². The molecule has 4 N–H and O–H groups in total. The van der Waals surface area contributed by atoms with Crippen LogP contribution in [-0.2, 0) is 19.8 Å². The number of carbonyl (C=O) groups is 4. The molecule has 9 nitrogen and oxygen atoms in total. The number of rotatable bonds is 4. The molecule has 1 heterocycles. The van der Waals surface area contributed by atoms with Crippen LogP contribution in [0.15, 0.2) is 23.1 Å². The molecular formula is C20H19NO8. The Kier molecular flexibility index (Phi) is 4.49. The summed E-state index contributed by atoms with van der Waals surface area (Å²) in [6.45, 7) is 4.92. The standard InChI is InChI=1S/C20H19NO8/c1-7-16(26)14(9(3)22)18-15(17(7)27)20(4)11(29-18)5-10(23)13(19(20)28)8(2)21-6-12(24)25/h5,21,26-27H,6H2,1-4H3,(H,24,25)/t20-/m0/s1. The normalized spacial score (nSPS) is 21.7. The summed E-state index contributed by atoms with van der Waals surface area (Å²) in [5.74, 6) is -4.28. The topological polar surface area (TPSA) is 150 Å². The van der Waals surface area contributed by atoms with Crippen molar-refractivity contribution >= 4 is 23.3 Å². The van der Waals surface area contributed by atoms with Crippen LogP contribution < -0.4 is 10.1 Å². The van der Waals surface area contributed by atoms with Gasteiger partial charge in [-0.15, -0.1) is 0 Å². The lowest BCUT2D eigenvalue weighted by atomic mass is 9.70. The minimum atomic E-state index is -1.63. The maximum atomic E-state index is 13.4. The van der Waals surface area contributed by atoms with Gasteiger partial charge in [0.1, 0.15) is 40.5 Å². The second-order valence-corrected chi connectivity index (χ2v) is 7.13. The van der Waals surface area contributed by atoms with Crippen molar-refractivity contribution in [2.45, 2.75) is 33.1 Å². The monoisotopic (exact) mass is 401 g/mol. The number of allylic oxidation sites excluding steroid dienone is 4. The second-order valence-electron chi connectivity index (χ2n) is 7.13. The Hall–Kier alpha value is -3.62. The number of hydrogen-bond acceptors (Lipinski definition) is 8. The molecule has 29 heavy (non-hydrogen) atoms. The minimum Gasteiger partial charge on any atom is -0.507 e. The summed E-state index contributed by atoms with van der Waals surface area (Å²) in [4.78, 5) is 48.8. The van der Waals surface area contributed by atoms with E-state index >= 15 is 0 Å². The van der Waals surface area contributed by atoms with Gasteiger partial charge in [-0.25, -0.2) is 0 Å². The molecule has 2 aliphatic rings. The number of phenols is 2. The number of hydrogen-bond donors (Lipinski definition) is 4. The minimum absolute atomic E-state index is 0.00372. The highest BCUT2D eigenvalue weighted by Crippen LogP contribution is 2.57. The van der Waals surface area contributed by atoms with Crippen molar-refractivity contribution in [3.63, 3.8) is 0 Å². The molecule has 0 saturated carbocycles. The SMILES string of the molecule is CC(=O)c1c(O)c(C)c(O)c2c1OC1=CC(=O)C(=C(C)NCC(=O)O)C(=O)[C@@]12C. The summed E-state index contributed by atoms with van der Waals surface area (Å²) >= 11 is 0. The molecule has 0 fully saturated rings. The van der Waals surface area contributed by atoms with Crippen LogP contribution in [-0.4, -0.2) is 45.2 Å². The first kappa shape index (κ1) is 20.1. The van der Waals surface area contributed by atoms with Crippen molar-refractivity contribution in [1.29, 1.82) is 0 Å². The predicted octanol–water partition coefficient (Wildman–Crippen LogP) is 1.24. The first-order valence-electron chi connectivity index (χ1n) is 8.68. The molecule has 1 aliphatic carbocycles. The Morgan fingerprint density at radius 1 is 1.17 bits per heavy atom. The Balaban J connectivity index is 2.29. The highest BCUT2D eigenvalue weighted by Gasteiger charge is 2.56. The molecule has 0 radical (unpaired) electrons. The average Bonchev–Trinajstić information content (AvgIpc) is 2.91. The number of carbonyl (C=O) groups excluding carboxylic acids is 3. The summed E-state index contributed by atoms with van der Waals surface area (Å²) in [5.41, 5.74) is -2.06. The number of aliphatic carboxylic acids is 1. The van der Waals surface area contributed by atoms with Crippen LogP contribution >= 0.6 is 0 Å². The van der Waals surface area contributed by atoms with Crippen molar-refractivity contribution in [1.82, 2.24) is 5.32 Å². The van der Waals surface area contributed by atoms with Crippen LogP contribution in [0.1, 0.15) is 42.3 Å². The van der Waals surface area contributed by atoms with Gasteiger partial charge in [0.15, 0.2) is 17.3 Å². The van der Waals surface area contributed by atoms with Gasteiger partial charge in [-0.3, -0.25) is 19.2 Å². The van der Waals surface area contributed by atoms with Crippen molar-refractivity contribution in [2.75, 3.05) is 6.54 Å². The highest BCUT2D eigenvalue weighted by atomic mass is 16.5. The average molecular weight is 401 g/mol. The van der Waals surface area contributed by atoms with Gasteiger partial charge >= 0.3 is 5.97 Å². The van der Waals surface area contributed by atoms with Gasteiger partial charge in [0.25, 0.3) is 0 Å². The summed E-state index contributed by atoms with van der Waals surface area (Å²) in [6, 6.07) is 0. The van der Waals surface area contributed by atoms with Crippen LogP contribution in [0.4, 0.5) is 0 Å². The van der Waals surface area contributed by atoms with Crippen LogP contribution in [0.5, 0.6) is 17.2 Å². The number of ketones is 3. The van der Waals surface area contributed by atoms with Gasteiger partial charge in [-0.1, -0.05) is 0 Å². The number of carboxylic acids is 1. The first-order chi connectivity index (χ1) is 13.4. The van der Waals surface area contributed by atoms with E-state index in [4.69, 9.17) is 9.84 Å². The van der Waals surface area contributed by atoms with Crippen molar-refractivity contribution in [2.24, 2.45) is 0 Å². The number of benzene rings is 1. The fourth-order valence-corrected chi connectivity index (χ4v) is 3.66. The lowest BCUT2D eigenvalue weighted by Crippen LogP contribution is -2.41. The zero-order chi connectivity index (χ0) is 21.8. The Bertz CT molecular complexity index is 1080. The number of ether oxygens (including phenoxy) is 1. The third-order valence-corrected chi connectivity index (χ3v) is 5.26. The molecule has 9 heteroatoms. The van der Waals surface area contributed by atoms with E-state index in [1.807, 2.05) is 0 Å². The van der Waals surface area contributed by atoms with E-state index in [9.17, 15) is 29.4 Å². The van der Waals surface area contributed by atoms with E-state index in [-0.39, 0.29) is 39.5 Å². The van der Waals surface area contributed by atoms with E-state index in [0.29, 0.717) is 0 Å². The lowest BCUT2D eigenvalue weighted by molar-refractivity contribution is -0.136. The van der Waals surface area contributed by atoms with Crippen molar-refractivity contribution in [3.05, 3.63) is 39.8 Å². The molecule has 1 aromatic carbocycles. The molecule has 0 spiro atoms. The quantitative estimate of drug-likeness (QED) is 0.332. The molecule has 0 aromatic heterocycles. The van der Waals surface area contributed by atoms with Gasteiger partial charge in [0.2, 0.25) is 0 Å². The lowest BCUT2D eigenvalue weighted by Gasteiger charge is -2.29. The fraction of sp³-hybridized carbons (Fsp3) is 0.300. The second kappa shape index (κ2) is 6.47. The Morgan fingerprint density at radius 2 is 1.79 bits per heavy atom. The summed E-state index contributed by atoms with van der Waals surface area (Å²) in [6.07, 6.45) is 1.07. The number of nitrogens with one attached hydrogen (secondary N) is 1. The van der Waals surface area contributed by atoms with Gasteiger partial charge < -0.3 is 25.4 Å². The molecular weight excluding hydrogens is 382 g/mol. The predicted molar refractivity (Wildman–Crippen MR) is 98.9 cm³/mol. The zero-order valence-corrected chi connectivity index (χ0v) is 16.2. The van der Waals surface area contributed by atoms with Gasteiger partial charge in [-0.05, 0) is 27.7 Å². The number of fused-ring (bicyclic) bond motifs is 3. The van der Waals surface area contributed by atoms with Crippen LogP contribution in [0.3, 0.4) is 0 Å².